The number of carboxylic acids is 1. The highest BCUT2D eigenvalue weighted by Gasteiger charge is 2.29. The molecule has 0 heterocycles. The lowest BCUT2D eigenvalue weighted by atomic mass is 9.91. The third-order valence-corrected chi connectivity index (χ3v) is 4.05. The van der Waals surface area contributed by atoms with Gasteiger partial charge in [0.15, 0.2) is 0 Å². The fourth-order valence-electron chi connectivity index (χ4n) is 2.61. The Morgan fingerprint density at radius 2 is 2.23 bits per heavy atom. The topological polar surface area (TPSA) is 66.8 Å². The second kappa shape index (κ2) is 7.16. The molecular formula is C18H22O4. The molecule has 0 spiro atoms. The fourth-order valence-corrected chi connectivity index (χ4v) is 2.61. The Kier molecular flexibility index (Phi) is 5.26. The maximum atomic E-state index is 11.2. The van der Waals surface area contributed by atoms with Gasteiger partial charge in [-0.05, 0) is 42.1 Å². The van der Waals surface area contributed by atoms with Crippen LogP contribution in [-0.4, -0.2) is 22.8 Å². The molecule has 0 amide bonds. The van der Waals surface area contributed by atoms with Gasteiger partial charge in [0.2, 0.25) is 0 Å². The normalized spacial score (nSPS) is 21.7. The molecule has 0 saturated carbocycles. The summed E-state index contributed by atoms with van der Waals surface area (Å²) in [5, 5.41) is 19.2. The van der Waals surface area contributed by atoms with E-state index in [0.717, 1.165) is 12.8 Å². The van der Waals surface area contributed by atoms with Crippen LogP contribution in [0.3, 0.4) is 0 Å². The van der Waals surface area contributed by atoms with Gasteiger partial charge < -0.3 is 14.9 Å². The van der Waals surface area contributed by atoms with E-state index < -0.39 is 11.9 Å². The highest BCUT2D eigenvalue weighted by Crippen LogP contribution is 2.31. The van der Waals surface area contributed by atoms with Crippen LogP contribution in [0.2, 0.25) is 0 Å². The first-order valence-corrected chi connectivity index (χ1v) is 7.54. The van der Waals surface area contributed by atoms with Gasteiger partial charge in [-0.3, -0.25) is 4.79 Å². The molecule has 2 aliphatic carbocycles. The Morgan fingerprint density at radius 1 is 1.45 bits per heavy atom. The van der Waals surface area contributed by atoms with Crippen LogP contribution in [0, 0.1) is 5.92 Å². The van der Waals surface area contributed by atoms with Crippen LogP contribution < -0.4 is 0 Å². The number of hydrogen-bond acceptors (Lipinski definition) is 3. The van der Waals surface area contributed by atoms with Crippen molar-refractivity contribution in [3.05, 3.63) is 59.1 Å². The van der Waals surface area contributed by atoms with E-state index in [9.17, 15) is 15.0 Å². The lowest BCUT2D eigenvalue weighted by Gasteiger charge is -2.23. The number of carbonyl (C=O) groups is 1. The van der Waals surface area contributed by atoms with Gasteiger partial charge in [-0.2, -0.15) is 0 Å². The van der Waals surface area contributed by atoms with Crippen molar-refractivity contribution in [1.82, 2.24) is 0 Å². The highest BCUT2D eigenvalue weighted by molar-refractivity contribution is 5.74. The summed E-state index contributed by atoms with van der Waals surface area (Å²) in [4.78, 5) is 11.2. The number of carboxylic acid groups (broad SMARTS) is 1. The van der Waals surface area contributed by atoms with Crippen molar-refractivity contribution in [2.45, 2.75) is 32.6 Å². The van der Waals surface area contributed by atoms with E-state index in [1.54, 1.807) is 6.08 Å². The van der Waals surface area contributed by atoms with Crippen molar-refractivity contribution < 1.29 is 19.7 Å². The molecule has 0 bridgehead atoms. The number of allylic oxidation sites excluding steroid dienone is 7. The van der Waals surface area contributed by atoms with Crippen molar-refractivity contribution in [1.29, 1.82) is 0 Å². The van der Waals surface area contributed by atoms with Crippen molar-refractivity contribution in [3.8, 4) is 0 Å². The van der Waals surface area contributed by atoms with Gasteiger partial charge in [0.05, 0.1) is 5.76 Å². The molecule has 0 aromatic heterocycles. The van der Waals surface area contributed by atoms with Crippen LogP contribution in [-0.2, 0) is 9.53 Å². The van der Waals surface area contributed by atoms with Crippen molar-refractivity contribution >= 4 is 5.97 Å². The minimum Gasteiger partial charge on any atom is -0.511 e. The number of ether oxygens (including phenoxy) is 1. The van der Waals surface area contributed by atoms with Crippen molar-refractivity contribution in [3.63, 3.8) is 0 Å². The molecule has 2 aliphatic rings. The number of aliphatic hydroxyl groups excluding tert-OH is 1. The third kappa shape index (κ3) is 3.70. The minimum atomic E-state index is -1.02. The van der Waals surface area contributed by atoms with Crippen LogP contribution in [0.25, 0.3) is 0 Å². The van der Waals surface area contributed by atoms with E-state index in [4.69, 9.17) is 4.74 Å². The molecule has 118 valence electrons. The lowest BCUT2D eigenvalue weighted by molar-refractivity contribution is -0.141. The van der Waals surface area contributed by atoms with Crippen molar-refractivity contribution in [2.24, 2.45) is 5.92 Å². The van der Waals surface area contributed by atoms with E-state index >= 15 is 0 Å². The van der Waals surface area contributed by atoms with Gasteiger partial charge in [-0.1, -0.05) is 31.7 Å². The van der Waals surface area contributed by atoms with Gasteiger partial charge in [0.1, 0.15) is 18.3 Å². The zero-order valence-corrected chi connectivity index (χ0v) is 12.8. The molecular weight excluding hydrogens is 280 g/mol. The van der Waals surface area contributed by atoms with Crippen LogP contribution in [0.1, 0.15) is 32.6 Å². The number of aliphatic hydroxyl groups is 1. The first kappa shape index (κ1) is 16.1. The quantitative estimate of drug-likeness (QED) is 0.777. The first-order valence-electron chi connectivity index (χ1n) is 7.54. The first-order chi connectivity index (χ1) is 10.5. The Balaban J connectivity index is 2.04. The van der Waals surface area contributed by atoms with E-state index in [1.165, 1.54) is 11.1 Å². The number of hydrogen-bond donors (Lipinski definition) is 2. The van der Waals surface area contributed by atoms with Gasteiger partial charge in [-0.15, -0.1) is 0 Å². The molecule has 0 saturated heterocycles. The van der Waals surface area contributed by atoms with Gasteiger partial charge in [0.25, 0.3) is 0 Å². The predicted octanol–water partition coefficient (Wildman–Crippen LogP) is 4.05. The summed E-state index contributed by atoms with van der Waals surface area (Å²) in [5.74, 6) is -1.34. The summed E-state index contributed by atoms with van der Waals surface area (Å²) in [5.41, 5.74) is 3.03. The molecule has 4 heteroatoms. The Morgan fingerprint density at radius 3 is 2.77 bits per heavy atom. The van der Waals surface area contributed by atoms with Gasteiger partial charge in [-0.25, -0.2) is 0 Å². The molecule has 1 unspecified atom stereocenters. The zero-order valence-electron chi connectivity index (χ0n) is 12.8. The van der Waals surface area contributed by atoms with Crippen LogP contribution in [0.5, 0.6) is 0 Å². The van der Waals surface area contributed by atoms with Crippen molar-refractivity contribution in [2.75, 3.05) is 6.61 Å². The number of aliphatic carboxylic acids is 1. The summed E-state index contributed by atoms with van der Waals surface area (Å²) in [6.07, 6.45) is 10.4. The van der Waals surface area contributed by atoms with Gasteiger partial charge in [0, 0.05) is 6.42 Å². The van der Waals surface area contributed by atoms with Crippen LogP contribution >= 0.6 is 0 Å². The smallest absolute Gasteiger partial charge is 0.314 e. The maximum absolute atomic E-state index is 11.2. The minimum absolute atomic E-state index is 0.0437. The molecule has 2 rings (SSSR count). The second-order valence-corrected chi connectivity index (χ2v) is 5.53. The summed E-state index contributed by atoms with van der Waals surface area (Å²) >= 11 is 0. The van der Waals surface area contributed by atoms with E-state index in [-0.39, 0.29) is 12.2 Å². The predicted molar refractivity (Wildman–Crippen MR) is 85.3 cm³/mol. The molecule has 0 radical (unpaired) electrons. The van der Waals surface area contributed by atoms with E-state index in [1.807, 2.05) is 25.2 Å². The molecule has 1 atom stereocenters. The van der Waals surface area contributed by atoms with Gasteiger partial charge >= 0.3 is 5.97 Å². The molecule has 4 nitrogen and oxygen atoms in total. The zero-order chi connectivity index (χ0) is 16.1. The second-order valence-electron chi connectivity index (χ2n) is 5.53. The largest absolute Gasteiger partial charge is 0.511 e. The Hall–Kier alpha value is -2.23. The third-order valence-electron chi connectivity index (χ3n) is 4.05. The monoisotopic (exact) mass is 302 g/mol. The Bertz CT molecular complexity index is 590. The maximum Gasteiger partial charge on any atom is 0.314 e. The molecule has 0 aromatic rings. The van der Waals surface area contributed by atoms with E-state index in [2.05, 4.69) is 6.58 Å². The summed E-state index contributed by atoms with van der Waals surface area (Å²) < 4.78 is 5.78. The Labute approximate surface area is 130 Å². The van der Waals surface area contributed by atoms with Crippen LogP contribution in [0.15, 0.2) is 59.1 Å². The molecule has 0 fully saturated rings. The molecule has 0 aromatic carbocycles. The SMILES string of the molecule is C=CC1=CC=C(COC2=CC(CC)=C(O)C(C(=O)O)C2)CC1. The average molecular weight is 302 g/mol. The summed E-state index contributed by atoms with van der Waals surface area (Å²) in [7, 11) is 0. The molecule has 2 N–H and O–H groups in total. The standard InChI is InChI=1S/C18H22O4/c1-3-12-5-7-13(8-6-12)11-22-15-9-14(4-2)17(19)16(10-15)18(20)21/h3,5,7,9,16,19H,1,4,6,8,10-11H2,2H3,(H,20,21). The molecule has 0 aliphatic heterocycles. The number of rotatable bonds is 6. The average Bonchev–Trinajstić information content (AvgIpc) is 2.54. The van der Waals surface area contributed by atoms with Crippen LogP contribution in [0.4, 0.5) is 0 Å². The fraction of sp³-hybridized carbons (Fsp3) is 0.389. The summed E-state index contributed by atoms with van der Waals surface area (Å²) in [6, 6.07) is 0. The lowest BCUT2D eigenvalue weighted by Crippen LogP contribution is -2.22. The molecule has 22 heavy (non-hydrogen) atoms. The highest BCUT2D eigenvalue weighted by atomic mass is 16.5. The van der Waals surface area contributed by atoms with E-state index in [0.29, 0.717) is 24.4 Å². The summed E-state index contributed by atoms with van der Waals surface area (Å²) in [6.45, 7) is 6.10.